The van der Waals surface area contributed by atoms with E-state index in [2.05, 4.69) is 16.5 Å². The summed E-state index contributed by atoms with van der Waals surface area (Å²) >= 11 is 0. The standard InChI is InChI=1S/C20H25N3O3/c1-12-19(13(2)23(3)22-12)20-16(7-9-26-20)21-18(24)11-14-4-5-17-15(10-14)6-8-25-17/h4-5,10,16,20H,6-9,11H2,1-3H3,(H,21,24)/t16-,20-/m0/s1. The fraction of sp³-hybridized carbons (Fsp3) is 0.500. The predicted octanol–water partition coefficient (Wildman–Crippen LogP) is 2.16. The summed E-state index contributed by atoms with van der Waals surface area (Å²) in [6.07, 6.45) is 1.99. The second-order valence-electron chi connectivity index (χ2n) is 7.18. The molecule has 6 heteroatoms. The Balaban J connectivity index is 1.45. The van der Waals surface area contributed by atoms with Gasteiger partial charge in [-0.15, -0.1) is 0 Å². The number of fused-ring (bicyclic) bond motifs is 1. The average molecular weight is 355 g/mol. The van der Waals surface area contributed by atoms with E-state index in [0.717, 1.165) is 47.7 Å². The van der Waals surface area contributed by atoms with Crippen LogP contribution in [0.4, 0.5) is 0 Å². The van der Waals surface area contributed by atoms with Gasteiger partial charge in [0.2, 0.25) is 5.91 Å². The van der Waals surface area contributed by atoms with E-state index in [1.807, 2.05) is 37.7 Å². The number of rotatable bonds is 4. The number of aryl methyl sites for hydroxylation is 2. The summed E-state index contributed by atoms with van der Waals surface area (Å²) in [5, 5.41) is 7.66. The van der Waals surface area contributed by atoms with Crippen LogP contribution >= 0.6 is 0 Å². The summed E-state index contributed by atoms with van der Waals surface area (Å²) in [7, 11) is 1.94. The Hall–Kier alpha value is -2.34. The van der Waals surface area contributed by atoms with Crippen LogP contribution in [-0.4, -0.2) is 34.9 Å². The number of hydrogen-bond donors (Lipinski definition) is 1. The Morgan fingerprint density at radius 2 is 2.19 bits per heavy atom. The van der Waals surface area contributed by atoms with Crippen molar-refractivity contribution in [3.8, 4) is 5.75 Å². The Kier molecular flexibility index (Phi) is 4.44. The van der Waals surface area contributed by atoms with Crippen molar-refractivity contribution in [2.75, 3.05) is 13.2 Å². The second-order valence-corrected chi connectivity index (χ2v) is 7.18. The van der Waals surface area contributed by atoms with Crippen LogP contribution in [0.3, 0.4) is 0 Å². The summed E-state index contributed by atoms with van der Waals surface area (Å²) in [4.78, 5) is 12.6. The van der Waals surface area contributed by atoms with Crippen molar-refractivity contribution in [1.82, 2.24) is 15.1 Å². The maximum atomic E-state index is 12.6. The zero-order valence-corrected chi connectivity index (χ0v) is 15.5. The number of carbonyl (C=O) groups is 1. The quantitative estimate of drug-likeness (QED) is 0.913. The van der Waals surface area contributed by atoms with E-state index in [4.69, 9.17) is 9.47 Å². The summed E-state index contributed by atoms with van der Waals surface area (Å²) in [5.74, 6) is 0.976. The van der Waals surface area contributed by atoms with Crippen molar-refractivity contribution in [2.45, 2.75) is 45.3 Å². The first-order valence-corrected chi connectivity index (χ1v) is 9.18. The van der Waals surface area contributed by atoms with E-state index in [1.54, 1.807) is 0 Å². The molecule has 2 aliphatic rings. The lowest BCUT2D eigenvalue weighted by Crippen LogP contribution is -2.38. The molecule has 2 aromatic rings. The van der Waals surface area contributed by atoms with E-state index in [-0.39, 0.29) is 18.1 Å². The number of nitrogens with zero attached hydrogens (tertiary/aromatic N) is 2. The number of benzene rings is 1. The maximum absolute atomic E-state index is 12.6. The Labute approximate surface area is 153 Å². The summed E-state index contributed by atoms with van der Waals surface area (Å²) in [5.41, 5.74) is 5.38. The van der Waals surface area contributed by atoms with Crippen molar-refractivity contribution < 1.29 is 14.3 Å². The first-order chi connectivity index (χ1) is 12.5. The topological polar surface area (TPSA) is 65.4 Å². The molecule has 0 unspecified atom stereocenters. The monoisotopic (exact) mass is 355 g/mol. The van der Waals surface area contributed by atoms with E-state index in [1.165, 1.54) is 5.56 Å². The van der Waals surface area contributed by atoms with Gasteiger partial charge in [0.1, 0.15) is 11.9 Å². The molecular weight excluding hydrogens is 330 g/mol. The van der Waals surface area contributed by atoms with Crippen LogP contribution < -0.4 is 10.1 Å². The van der Waals surface area contributed by atoms with Gasteiger partial charge in [0.15, 0.2) is 0 Å². The molecule has 1 saturated heterocycles. The fourth-order valence-electron chi connectivity index (χ4n) is 4.02. The SMILES string of the molecule is Cc1nn(C)c(C)c1[C@H]1OCC[C@@H]1NC(=O)Cc1ccc2c(c1)CCO2. The summed E-state index contributed by atoms with van der Waals surface area (Å²) in [6.45, 7) is 5.42. The Bertz CT molecular complexity index is 843. The van der Waals surface area contributed by atoms with E-state index < -0.39 is 0 Å². The number of hydrogen-bond acceptors (Lipinski definition) is 4. The molecule has 2 atom stereocenters. The molecule has 4 rings (SSSR count). The Morgan fingerprint density at radius 1 is 1.35 bits per heavy atom. The third kappa shape index (κ3) is 3.09. The summed E-state index contributed by atoms with van der Waals surface area (Å²) in [6, 6.07) is 6.01. The molecule has 0 spiro atoms. The molecule has 1 fully saturated rings. The van der Waals surface area contributed by atoms with Crippen LogP contribution in [0.15, 0.2) is 18.2 Å². The van der Waals surface area contributed by atoms with Crippen LogP contribution in [0.5, 0.6) is 5.75 Å². The predicted molar refractivity (Wildman–Crippen MR) is 97.3 cm³/mol. The zero-order chi connectivity index (χ0) is 18.3. The third-order valence-corrected chi connectivity index (χ3v) is 5.41. The molecule has 1 amide bonds. The van der Waals surface area contributed by atoms with Crippen LogP contribution in [0.2, 0.25) is 0 Å². The normalized spacial score (nSPS) is 21.5. The molecule has 6 nitrogen and oxygen atoms in total. The lowest BCUT2D eigenvalue weighted by molar-refractivity contribution is -0.121. The minimum absolute atomic E-state index is 0.0122. The van der Waals surface area contributed by atoms with Crippen molar-refractivity contribution in [3.05, 3.63) is 46.3 Å². The molecule has 1 aromatic heterocycles. The van der Waals surface area contributed by atoms with Gasteiger partial charge in [-0.25, -0.2) is 0 Å². The van der Waals surface area contributed by atoms with E-state index in [9.17, 15) is 4.79 Å². The molecule has 1 N–H and O–H groups in total. The highest BCUT2D eigenvalue weighted by Crippen LogP contribution is 2.33. The van der Waals surface area contributed by atoms with Crippen molar-refractivity contribution in [2.24, 2.45) is 7.05 Å². The van der Waals surface area contributed by atoms with Gasteiger partial charge in [0.25, 0.3) is 0 Å². The molecule has 0 bridgehead atoms. The van der Waals surface area contributed by atoms with Gasteiger partial charge in [-0.2, -0.15) is 5.10 Å². The molecule has 0 radical (unpaired) electrons. The van der Waals surface area contributed by atoms with Crippen LogP contribution in [0, 0.1) is 13.8 Å². The molecule has 0 saturated carbocycles. The van der Waals surface area contributed by atoms with Gasteiger partial charge in [0.05, 0.1) is 24.8 Å². The van der Waals surface area contributed by atoms with Crippen molar-refractivity contribution >= 4 is 5.91 Å². The van der Waals surface area contributed by atoms with Gasteiger partial charge < -0.3 is 14.8 Å². The number of amides is 1. The summed E-state index contributed by atoms with van der Waals surface area (Å²) < 4.78 is 13.4. The van der Waals surface area contributed by atoms with Crippen molar-refractivity contribution in [3.63, 3.8) is 0 Å². The number of aromatic nitrogens is 2. The lowest BCUT2D eigenvalue weighted by atomic mass is 9.99. The first kappa shape index (κ1) is 17.1. The van der Waals surface area contributed by atoms with Crippen molar-refractivity contribution in [1.29, 1.82) is 0 Å². The number of carbonyl (C=O) groups excluding carboxylic acids is 1. The highest BCUT2D eigenvalue weighted by molar-refractivity contribution is 5.79. The Morgan fingerprint density at radius 3 is 2.96 bits per heavy atom. The largest absolute Gasteiger partial charge is 0.493 e. The van der Waals surface area contributed by atoms with Gasteiger partial charge in [-0.1, -0.05) is 12.1 Å². The third-order valence-electron chi connectivity index (χ3n) is 5.41. The molecule has 138 valence electrons. The number of ether oxygens (including phenoxy) is 2. The second kappa shape index (κ2) is 6.76. The van der Waals surface area contributed by atoms with Gasteiger partial charge >= 0.3 is 0 Å². The maximum Gasteiger partial charge on any atom is 0.224 e. The molecular formula is C20H25N3O3. The molecule has 2 aliphatic heterocycles. The van der Waals surface area contributed by atoms with E-state index >= 15 is 0 Å². The number of nitrogens with one attached hydrogen (secondary N) is 1. The van der Waals surface area contributed by atoms with E-state index in [0.29, 0.717) is 13.0 Å². The molecule has 1 aromatic carbocycles. The highest BCUT2D eigenvalue weighted by Gasteiger charge is 2.34. The minimum Gasteiger partial charge on any atom is -0.493 e. The fourth-order valence-corrected chi connectivity index (χ4v) is 4.02. The van der Waals surface area contributed by atoms with Gasteiger partial charge in [-0.05, 0) is 37.5 Å². The highest BCUT2D eigenvalue weighted by atomic mass is 16.5. The van der Waals surface area contributed by atoms with Crippen LogP contribution in [0.1, 0.15) is 40.6 Å². The molecule has 0 aliphatic carbocycles. The van der Waals surface area contributed by atoms with Gasteiger partial charge in [-0.3, -0.25) is 9.48 Å². The zero-order valence-electron chi connectivity index (χ0n) is 15.5. The van der Waals surface area contributed by atoms with Crippen LogP contribution in [0.25, 0.3) is 0 Å². The molecule has 26 heavy (non-hydrogen) atoms. The lowest BCUT2D eigenvalue weighted by Gasteiger charge is -2.20. The minimum atomic E-state index is -0.124. The van der Waals surface area contributed by atoms with Crippen LogP contribution in [-0.2, 0) is 29.4 Å². The molecule has 3 heterocycles. The first-order valence-electron chi connectivity index (χ1n) is 9.18. The van der Waals surface area contributed by atoms with Gasteiger partial charge in [0, 0.05) is 31.3 Å². The average Bonchev–Trinajstić information content (AvgIpc) is 3.28. The smallest absolute Gasteiger partial charge is 0.224 e.